The highest BCUT2D eigenvalue weighted by molar-refractivity contribution is 6.16. The molecule has 0 atom stereocenters. The van der Waals surface area contributed by atoms with Gasteiger partial charge in [0.25, 0.3) is 0 Å². The quantitative estimate of drug-likeness (QED) is 0.296. The van der Waals surface area contributed by atoms with Crippen LogP contribution in [0.3, 0.4) is 0 Å². The largest absolute Gasteiger partial charge is 0.494 e. The van der Waals surface area contributed by atoms with E-state index in [1.54, 1.807) is 0 Å². The van der Waals surface area contributed by atoms with Gasteiger partial charge in [-0.2, -0.15) is 0 Å². The molecule has 1 heterocycles. The van der Waals surface area contributed by atoms with Gasteiger partial charge in [0.15, 0.2) is 11.5 Å². The van der Waals surface area contributed by atoms with Crippen molar-refractivity contribution in [2.75, 3.05) is 20.3 Å². The molecular formula is C10H12O5. The fourth-order valence-electron chi connectivity index (χ4n) is 1.01. The first-order chi connectivity index (χ1) is 7.15. The smallest absolute Gasteiger partial charge is 0.341 e. The Hall–Kier alpha value is -1.78. The summed E-state index contributed by atoms with van der Waals surface area (Å²) >= 11 is 0. The Kier molecular flexibility index (Phi) is 3.91. The van der Waals surface area contributed by atoms with E-state index in [-0.39, 0.29) is 11.4 Å². The van der Waals surface area contributed by atoms with Crippen LogP contribution in [0.2, 0.25) is 0 Å². The number of rotatable bonds is 3. The lowest BCUT2D eigenvalue weighted by atomic mass is 10.1. The summed E-state index contributed by atoms with van der Waals surface area (Å²) in [5, 5.41) is 0. The van der Waals surface area contributed by atoms with Crippen LogP contribution in [-0.4, -0.2) is 32.1 Å². The fourth-order valence-corrected chi connectivity index (χ4v) is 1.01. The lowest BCUT2D eigenvalue weighted by molar-refractivity contribution is -0.137. The molecule has 0 spiro atoms. The van der Waals surface area contributed by atoms with E-state index in [9.17, 15) is 9.59 Å². The van der Waals surface area contributed by atoms with Crippen LogP contribution in [0.1, 0.15) is 6.92 Å². The number of ketones is 1. The van der Waals surface area contributed by atoms with Gasteiger partial charge in [-0.1, -0.05) is 0 Å². The van der Waals surface area contributed by atoms with Crippen molar-refractivity contribution in [1.82, 2.24) is 0 Å². The van der Waals surface area contributed by atoms with Crippen molar-refractivity contribution in [2.24, 2.45) is 0 Å². The van der Waals surface area contributed by atoms with Crippen LogP contribution in [0.5, 0.6) is 0 Å². The number of Topliss-reactive ketones (excluding diaryl/α,β-unsaturated/α-hetero) is 1. The number of hydrogen-bond donors (Lipinski definition) is 0. The predicted molar refractivity (Wildman–Crippen MR) is 50.8 cm³/mol. The first-order valence-electron chi connectivity index (χ1n) is 4.40. The highest BCUT2D eigenvalue weighted by atomic mass is 16.6. The molecule has 0 aromatic rings. The number of methoxy groups -OCH3 is 1. The third kappa shape index (κ3) is 3.12. The van der Waals surface area contributed by atoms with Crippen LogP contribution in [-0.2, 0) is 23.8 Å². The van der Waals surface area contributed by atoms with E-state index in [0.717, 1.165) is 0 Å². The van der Waals surface area contributed by atoms with Gasteiger partial charge in [-0.15, -0.1) is 0 Å². The maximum absolute atomic E-state index is 11.2. The Balaban J connectivity index is 2.87. The Bertz CT molecular complexity index is 327. The molecule has 1 aliphatic rings. The van der Waals surface area contributed by atoms with Gasteiger partial charge in [-0.3, -0.25) is 4.79 Å². The van der Waals surface area contributed by atoms with Crippen LogP contribution in [0.15, 0.2) is 23.7 Å². The van der Waals surface area contributed by atoms with Gasteiger partial charge >= 0.3 is 5.97 Å². The van der Waals surface area contributed by atoms with Crippen molar-refractivity contribution in [3.63, 3.8) is 0 Å². The molecule has 1 aliphatic heterocycles. The minimum Gasteiger partial charge on any atom is -0.494 e. The molecule has 82 valence electrons. The number of allylic oxidation sites excluding steroid dienone is 1. The maximum atomic E-state index is 11.2. The van der Waals surface area contributed by atoms with Crippen molar-refractivity contribution in [3.05, 3.63) is 23.7 Å². The molecule has 0 unspecified atom stereocenters. The van der Waals surface area contributed by atoms with Gasteiger partial charge in [0.1, 0.15) is 25.0 Å². The minimum absolute atomic E-state index is 0.0609. The van der Waals surface area contributed by atoms with E-state index in [1.165, 1.54) is 26.4 Å². The summed E-state index contributed by atoms with van der Waals surface area (Å²) in [6.45, 7) is 2.15. The number of ether oxygens (including phenoxy) is 3. The van der Waals surface area contributed by atoms with Crippen LogP contribution in [0.25, 0.3) is 0 Å². The molecule has 0 aliphatic carbocycles. The molecule has 15 heavy (non-hydrogen) atoms. The summed E-state index contributed by atoms with van der Waals surface area (Å²) in [6.07, 6.45) is 2.67. The standard InChI is InChI=1S/C10H12O5/c1-7(11)9(10(12)13-2)5-8-6-14-3-4-15-8/h5-6H,3-4H2,1-2H3. The molecule has 0 amide bonds. The van der Waals surface area contributed by atoms with Gasteiger partial charge < -0.3 is 14.2 Å². The highest BCUT2D eigenvalue weighted by Gasteiger charge is 2.16. The van der Waals surface area contributed by atoms with Crippen molar-refractivity contribution in [2.45, 2.75) is 6.92 Å². The fraction of sp³-hybridized carbons (Fsp3) is 0.400. The monoisotopic (exact) mass is 212 g/mol. The van der Waals surface area contributed by atoms with Gasteiger partial charge in [0.2, 0.25) is 0 Å². The molecule has 0 fully saturated rings. The lowest BCUT2D eigenvalue weighted by Crippen LogP contribution is -2.14. The zero-order valence-corrected chi connectivity index (χ0v) is 8.61. The van der Waals surface area contributed by atoms with Crippen LogP contribution in [0, 0.1) is 0 Å². The molecule has 0 saturated carbocycles. The van der Waals surface area contributed by atoms with E-state index < -0.39 is 5.97 Å². The van der Waals surface area contributed by atoms with Gasteiger partial charge in [-0.25, -0.2) is 4.79 Å². The van der Waals surface area contributed by atoms with Crippen LogP contribution in [0.4, 0.5) is 0 Å². The van der Waals surface area contributed by atoms with Gasteiger partial charge in [-0.05, 0) is 6.92 Å². The second kappa shape index (κ2) is 5.19. The van der Waals surface area contributed by atoms with E-state index in [2.05, 4.69) is 4.74 Å². The molecule has 0 aromatic heterocycles. The normalized spacial score (nSPS) is 15.9. The summed E-state index contributed by atoms with van der Waals surface area (Å²) in [7, 11) is 1.21. The molecule has 1 rings (SSSR count). The third-order valence-electron chi connectivity index (χ3n) is 1.74. The van der Waals surface area contributed by atoms with Gasteiger partial charge in [0, 0.05) is 6.08 Å². The summed E-state index contributed by atoms with van der Waals surface area (Å²) in [4.78, 5) is 22.3. The van der Waals surface area contributed by atoms with Crippen molar-refractivity contribution < 1.29 is 23.8 Å². The zero-order valence-electron chi connectivity index (χ0n) is 8.61. The van der Waals surface area contributed by atoms with E-state index >= 15 is 0 Å². The SMILES string of the molecule is COC(=O)C(=CC1=COCCO1)C(C)=O. The predicted octanol–water partition coefficient (Wildman–Crippen LogP) is 0.563. The topological polar surface area (TPSA) is 61.8 Å². The molecule has 0 radical (unpaired) electrons. The molecule has 5 nitrogen and oxygen atoms in total. The van der Waals surface area contributed by atoms with Crippen LogP contribution >= 0.6 is 0 Å². The molecule has 5 heteroatoms. The molecule has 0 bridgehead atoms. The maximum Gasteiger partial charge on any atom is 0.341 e. The van der Waals surface area contributed by atoms with Crippen molar-refractivity contribution in [1.29, 1.82) is 0 Å². The average molecular weight is 212 g/mol. The summed E-state index contributed by atoms with van der Waals surface area (Å²) in [5.41, 5.74) is -0.0609. The number of carbonyl (C=O) groups excluding carboxylic acids is 2. The third-order valence-corrected chi connectivity index (χ3v) is 1.74. The number of hydrogen-bond acceptors (Lipinski definition) is 5. The Labute approximate surface area is 87.3 Å². The summed E-state index contributed by atoms with van der Waals surface area (Å²) < 4.78 is 14.6. The van der Waals surface area contributed by atoms with Crippen LogP contribution < -0.4 is 0 Å². The average Bonchev–Trinajstić information content (AvgIpc) is 2.26. The second-order valence-electron chi connectivity index (χ2n) is 2.85. The zero-order chi connectivity index (χ0) is 11.3. The van der Waals surface area contributed by atoms with E-state index in [0.29, 0.717) is 19.0 Å². The highest BCUT2D eigenvalue weighted by Crippen LogP contribution is 2.10. The lowest BCUT2D eigenvalue weighted by Gasteiger charge is -2.13. The Morgan fingerprint density at radius 1 is 1.47 bits per heavy atom. The first-order valence-corrected chi connectivity index (χ1v) is 4.40. The summed E-state index contributed by atoms with van der Waals surface area (Å²) in [5.74, 6) is -0.716. The van der Waals surface area contributed by atoms with Crippen molar-refractivity contribution in [3.8, 4) is 0 Å². The van der Waals surface area contributed by atoms with E-state index in [1.807, 2.05) is 0 Å². The molecular weight excluding hydrogens is 200 g/mol. The number of carbonyl (C=O) groups is 2. The molecule has 0 N–H and O–H groups in total. The first kappa shape index (κ1) is 11.3. The summed E-state index contributed by atoms with van der Waals surface area (Å²) in [6, 6.07) is 0. The second-order valence-corrected chi connectivity index (χ2v) is 2.85. The molecule has 0 saturated heterocycles. The minimum atomic E-state index is -0.683. The Morgan fingerprint density at radius 3 is 2.67 bits per heavy atom. The van der Waals surface area contributed by atoms with Crippen molar-refractivity contribution >= 4 is 11.8 Å². The Morgan fingerprint density at radius 2 is 2.20 bits per heavy atom. The number of esters is 1. The molecule has 0 aromatic carbocycles. The van der Waals surface area contributed by atoms with E-state index in [4.69, 9.17) is 9.47 Å². The van der Waals surface area contributed by atoms with Gasteiger partial charge in [0.05, 0.1) is 7.11 Å².